The second kappa shape index (κ2) is 7.68. The predicted octanol–water partition coefficient (Wildman–Crippen LogP) is 2.32. The summed E-state index contributed by atoms with van der Waals surface area (Å²) in [6.45, 7) is 6.89. The first kappa shape index (κ1) is 16.8. The standard InChI is InChI=1S/C17H22ClN5O/c1-2-22-8-7-19-17(22)23-11-9-21(10-12-23)13-16(24)20-15-5-3-14(18)4-6-15/h3-8H,2,9-13H2,1H3,(H,20,24). The Morgan fingerprint density at radius 1 is 1.21 bits per heavy atom. The third-order valence-electron chi connectivity index (χ3n) is 4.18. The van der Waals surface area contributed by atoms with Crippen molar-refractivity contribution in [2.45, 2.75) is 13.5 Å². The molecule has 0 saturated carbocycles. The van der Waals surface area contributed by atoms with Gasteiger partial charge in [0.15, 0.2) is 0 Å². The van der Waals surface area contributed by atoms with Crippen LogP contribution in [0.5, 0.6) is 0 Å². The molecule has 1 aliphatic rings. The molecule has 1 aromatic heterocycles. The van der Waals surface area contributed by atoms with Gasteiger partial charge in [-0.3, -0.25) is 9.69 Å². The van der Waals surface area contributed by atoms with Gasteiger partial charge in [-0.1, -0.05) is 11.6 Å². The lowest BCUT2D eigenvalue weighted by Gasteiger charge is -2.35. The highest BCUT2D eigenvalue weighted by Gasteiger charge is 2.21. The smallest absolute Gasteiger partial charge is 0.238 e. The number of nitrogens with one attached hydrogen (secondary N) is 1. The average molecular weight is 348 g/mol. The van der Waals surface area contributed by atoms with Gasteiger partial charge in [-0.2, -0.15) is 0 Å². The molecule has 128 valence electrons. The third kappa shape index (κ3) is 4.07. The third-order valence-corrected chi connectivity index (χ3v) is 4.44. The van der Waals surface area contributed by atoms with E-state index < -0.39 is 0 Å². The van der Waals surface area contributed by atoms with Crippen molar-refractivity contribution in [2.24, 2.45) is 0 Å². The lowest BCUT2D eigenvalue weighted by Crippen LogP contribution is -2.49. The first-order chi connectivity index (χ1) is 11.7. The molecule has 24 heavy (non-hydrogen) atoms. The number of hydrogen-bond donors (Lipinski definition) is 1. The van der Waals surface area contributed by atoms with E-state index in [9.17, 15) is 4.79 Å². The summed E-state index contributed by atoms with van der Waals surface area (Å²) in [5.74, 6) is 1.02. The van der Waals surface area contributed by atoms with Crippen molar-refractivity contribution in [3.05, 3.63) is 41.7 Å². The minimum Gasteiger partial charge on any atom is -0.340 e. The molecule has 0 bridgehead atoms. The van der Waals surface area contributed by atoms with Crippen LogP contribution < -0.4 is 10.2 Å². The van der Waals surface area contributed by atoms with Crippen LogP contribution in [0.2, 0.25) is 5.02 Å². The lowest BCUT2D eigenvalue weighted by atomic mass is 10.3. The van der Waals surface area contributed by atoms with E-state index in [2.05, 4.69) is 31.6 Å². The Bertz CT molecular complexity index is 677. The minimum absolute atomic E-state index is 0.000769. The molecule has 1 saturated heterocycles. The molecule has 2 heterocycles. The zero-order valence-electron chi connectivity index (χ0n) is 13.8. The summed E-state index contributed by atoms with van der Waals surface area (Å²) in [6, 6.07) is 7.16. The highest BCUT2D eigenvalue weighted by atomic mass is 35.5. The van der Waals surface area contributed by atoms with Gasteiger partial charge in [-0.25, -0.2) is 4.98 Å². The Morgan fingerprint density at radius 3 is 2.58 bits per heavy atom. The Labute approximate surface area is 147 Å². The number of aryl methyl sites for hydroxylation is 1. The Hall–Kier alpha value is -2.05. The summed E-state index contributed by atoms with van der Waals surface area (Å²) in [4.78, 5) is 21.0. The number of rotatable bonds is 5. The number of anilines is 2. The van der Waals surface area contributed by atoms with E-state index in [1.54, 1.807) is 12.1 Å². The summed E-state index contributed by atoms with van der Waals surface area (Å²) in [6.07, 6.45) is 3.84. The molecule has 3 rings (SSSR count). The number of piperazine rings is 1. The van der Waals surface area contributed by atoms with Crippen LogP contribution in [0.1, 0.15) is 6.92 Å². The van der Waals surface area contributed by atoms with Crippen molar-refractivity contribution >= 4 is 29.1 Å². The molecular weight excluding hydrogens is 326 g/mol. The van der Waals surface area contributed by atoms with Crippen molar-refractivity contribution < 1.29 is 4.79 Å². The summed E-state index contributed by atoms with van der Waals surface area (Å²) in [7, 11) is 0. The molecule has 7 heteroatoms. The van der Waals surface area contributed by atoms with Gasteiger partial charge in [-0.15, -0.1) is 0 Å². The zero-order chi connectivity index (χ0) is 16.9. The highest BCUT2D eigenvalue weighted by Crippen LogP contribution is 2.15. The van der Waals surface area contributed by atoms with Gasteiger partial charge >= 0.3 is 0 Å². The van der Waals surface area contributed by atoms with E-state index in [0.29, 0.717) is 11.6 Å². The molecule has 0 spiro atoms. The van der Waals surface area contributed by atoms with Crippen LogP contribution in [0.3, 0.4) is 0 Å². The number of benzene rings is 1. The monoisotopic (exact) mass is 347 g/mol. The van der Waals surface area contributed by atoms with Crippen LogP contribution >= 0.6 is 11.6 Å². The second-order valence-electron chi connectivity index (χ2n) is 5.83. The van der Waals surface area contributed by atoms with Gasteiger partial charge < -0.3 is 14.8 Å². The molecule has 0 aliphatic carbocycles. The summed E-state index contributed by atoms with van der Waals surface area (Å²) >= 11 is 5.85. The van der Waals surface area contributed by atoms with Crippen LogP contribution in [0.4, 0.5) is 11.6 Å². The van der Waals surface area contributed by atoms with Crippen molar-refractivity contribution in [3.63, 3.8) is 0 Å². The normalized spacial score (nSPS) is 15.5. The number of halogens is 1. The maximum Gasteiger partial charge on any atom is 0.238 e. The second-order valence-corrected chi connectivity index (χ2v) is 6.27. The van der Waals surface area contributed by atoms with Crippen molar-refractivity contribution in [1.29, 1.82) is 0 Å². The molecule has 0 atom stereocenters. The quantitative estimate of drug-likeness (QED) is 0.901. The first-order valence-electron chi connectivity index (χ1n) is 8.19. The lowest BCUT2D eigenvalue weighted by molar-refractivity contribution is -0.117. The number of amides is 1. The summed E-state index contributed by atoms with van der Waals surface area (Å²) < 4.78 is 2.14. The van der Waals surface area contributed by atoms with Gasteiger partial charge in [0.05, 0.1) is 6.54 Å². The van der Waals surface area contributed by atoms with Crippen LogP contribution in [0.25, 0.3) is 0 Å². The molecule has 1 amide bonds. The molecule has 1 N–H and O–H groups in total. The van der Waals surface area contributed by atoms with E-state index in [0.717, 1.165) is 44.4 Å². The maximum atomic E-state index is 12.2. The number of carbonyl (C=O) groups excluding carboxylic acids is 1. The van der Waals surface area contributed by atoms with Crippen LogP contribution in [0, 0.1) is 0 Å². The average Bonchev–Trinajstić information content (AvgIpc) is 3.06. The number of carbonyl (C=O) groups is 1. The fourth-order valence-electron chi connectivity index (χ4n) is 2.87. The van der Waals surface area contributed by atoms with Gasteiger partial charge in [0, 0.05) is 55.8 Å². The predicted molar refractivity (Wildman–Crippen MR) is 96.6 cm³/mol. The number of imidazole rings is 1. The Balaban J connectivity index is 1.48. The topological polar surface area (TPSA) is 53.4 Å². The van der Waals surface area contributed by atoms with Crippen molar-refractivity contribution in [3.8, 4) is 0 Å². The molecule has 0 unspecified atom stereocenters. The van der Waals surface area contributed by atoms with Crippen LogP contribution in [-0.4, -0.2) is 53.1 Å². The largest absolute Gasteiger partial charge is 0.340 e. The molecular formula is C17H22ClN5O. The molecule has 0 radical (unpaired) electrons. The summed E-state index contributed by atoms with van der Waals surface area (Å²) in [5.41, 5.74) is 0.771. The van der Waals surface area contributed by atoms with E-state index in [-0.39, 0.29) is 5.91 Å². The molecule has 1 fully saturated rings. The Kier molecular flexibility index (Phi) is 5.37. The fourth-order valence-corrected chi connectivity index (χ4v) is 3.00. The highest BCUT2D eigenvalue weighted by molar-refractivity contribution is 6.30. The first-order valence-corrected chi connectivity index (χ1v) is 8.57. The van der Waals surface area contributed by atoms with Crippen molar-refractivity contribution in [1.82, 2.24) is 14.5 Å². The van der Waals surface area contributed by atoms with Gasteiger partial charge in [0.25, 0.3) is 0 Å². The van der Waals surface area contributed by atoms with Gasteiger partial charge in [0.2, 0.25) is 11.9 Å². The Morgan fingerprint density at radius 2 is 1.92 bits per heavy atom. The van der Waals surface area contributed by atoms with Crippen molar-refractivity contribution in [2.75, 3.05) is 42.9 Å². The fraction of sp³-hybridized carbons (Fsp3) is 0.412. The van der Waals surface area contributed by atoms with Gasteiger partial charge in [-0.05, 0) is 31.2 Å². The van der Waals surface area contributed by atoms with E-state index in [1.807, 2.05) is 24.5 Å². The van der Waals surface area contributed by atoms with E-state index in [1.165, 1.54) is 0 Å². The number of nitrogens with zero attached hydrogens (tertiary/aromatic N) is 4. The molecule has 6 nitrogen and oxygen atoms in total. The number of hydrogen-bond acceptors (Lipinski definition) is 4. The zero-order valence-corrected chi connectivity index (χ0v) is 14.5. The number of aromatic nitrogens is 2. The molecule has 1 aromatic carbocycles. The van der Waals surface area contributed by atoms with Crippen LogP contribution in [-0.2, 0) is 11.3 Å². The maximum absolute atomic E-state index is 12.2. The molecule has 1 aliphatic heterocycles. The SMILES string of the molecule is CCn1ccnc1N1CCN(CC(=O)Nc2ccc(Cl)cc2)CC1. The summed E-state index contributed by atoms with van der Waals surface area (Å²) in [5, 5.41) is 3.57. The van der Waals surface area contributed by atoms with Gasteiger partial charge in [0.1, 0.15) is 0 Å². The molecule has 2 aromatic rings. The van der Waals surface area contributed by atoms with E-state index >= 15 is 0 Å². The van der Waals surface area contributed by atoms with E-state index in [4.69, 9.17) is 11.6 Å². The van der Waals surface area contributed by atoms with Crippen LogP contribution in [0.15, 0.2) is 36.7 Å². The minimum atomic E-state index is 0.000769.